The maximum Gasteiger partial charge on any atom is 0.144 e. The second-order valence-corrected chi connectivity index (χ2v) is 13.0. The van der Waals surface area contributed by atoms with E-state index in [0.717, 1.165) is 55.4 Å². The Morgan fingerprint density at radius 1 is 0.605 bits per heavy atom. The van der Waals surface area contributed by atoms with Gasteiger partial charge in [0.2, 0.25) is 0 Å². The van der Waals surface area contributed by atoms with E-state index >= 15 is 0 Å². The summed E-state index contributed by atoms with van der Waals surface area (Å²) in [7, 11) is 0. The molecule has 7 rings (SSSR count). The molecule has 3 aromatic heterocycles. The lowest BCUT2D eigenvalue weighted by Gasteiger charge is -2.22. The van der Waals surface area contributed by atoms with E-state index in [1.165, 1.54) is 38.9 Å². The van der Waals surface area contributed by atoms with Gasteiger partial charge in [-0.2, -0.15) is 0 Å². The summed E-state index contributed by atoms with van der Waals surface area (Å²) in [4.78, 5) is 10.0. The first-order valence-corrected chi connectivity index (χ1v) is 15.0. The molecule has 0 amide bonds. The van der Waals surface area contributed by atoms with Gasteiger partial charge >= 0.3 is 0 Å². The van der Waals surface area contributed by atoms with Crippen LogP contribution in [0.25, 0.3) is 66.5 Å². The largest absolute Gasteiger partial charge is 0.455 e. The molecular formula is C40H36N2O. The molecule has 0 aliphatic carbocycles. The van der Waals surface area contributed by atoms with Crippen LogP contribution in [0.1, 0.15) is 48.6 Å². The third-order valence-electron chi connectivity index (χ3n) is 8.76. The van der Waals surface area contributed by atoms with E-state index in [2.05, 4.69) is 121 Å². The van der Waals surface area contributed by atoms with Crippen molar-refractivity contribution in [3.05, 3.63) is 119 Å². The van der Waals surface area contributed by atoms with Gasteiger partial charge in [0.25, 0.3) is 0 Å². The average Bonchev–Trinajstić information content (AvgIpc) is 3.35. The van der Waals surface area contributed by atoms with Crippen LogP contribution in [0.3, 0.4) is 0 Å². The minimum Gasteiger partial charge on any atom is -0.455 e. The quantitative estimate of drug-likeness (QED) is 0.216. The van der Waals surface area contributed by atoms with E-state index in [0.29, 0.717) is 0 Å². The van der Waals surface area contributed by atoms with Crippen LogP contribution in [-0.4, -0.2) is 9.97 Å². The summed E-state index contributed by atoms with van der Waals surface area (Å²) in [6, 6.07) is 30.2. The van der Waals surface area contributed by atoms with Gasteiger partial charge in [0.1, 0.15) is 11.2 Å². The van der Waals surface area contributed by atoms with Crippen molar-refractivity contribution in [3.8, 4) is 33.6 Å². The average molecular weight is 561 g/mol. The van der Waals surface area contributed by atoms with Crippen LogP contribution in [0.4, 0.5) is 0 Å². The highest BCUT2D eigenvalue weighted by Crippen LogP contribution is 2.38. The number of aromatic nitrogens is 2. The highest BCUT2D eigenvalue weighted by atomic mass is 16.3. The van der Waals surface area contributed by atoms with Crippen molar-refractivity contribution in [2.45, 2.75) is 53.9 Å². The number of rotatable bonds is 3. The minimum atomic E-state index is 0.113. The predicted octanol–water partition coefficient (Wildman–Crippen LogP) is 11.1. The standard InChI is InChI=1S/C40H36N2O/c1-23-19-35-27(15-16-34(42-35)38-24(2)17-28(18-25(38)3)40(5,6)7)20-32(23)33-21-36(41-22-26(33)4)31-13-10-12-30-29-11-8-9-14-37(29)43-39(30)31/h8-22H,1-7H3. The number of benzene rings is 4. The van der Waals surface area contributed by atoms with Crippen molar-refractivity contribution in [3.63, 3.8) is 0 Å². The topological polar surface area (TPSA) is 38.9 Å². The number of aryl methyl sites for hydroxylation is 4. The summed E-state index contributed by atoms with van der Waals surface area (Å²) in [5.41, 5.74) is 15.6. The highest BCUT2D eigenvalue weighted by molar-refractivity contribution is 6.09. The van der Waals surface area contributed by atoms with Crippen molar-refractivity contribution in [1.29, 1.82) is 0 Å². The molecule has 0 N–H and O–H groups in total. The summed E-state index contributed by atoms with van der Waals surface area (Å²) < 4.78 is 6.33. The monoisotopic (exact) mass is 560 g/mol. The molecule has 3 nitrogen and oxygen atoms in total. The first-order valence-electron chi connectivity index (χ1n) is 15.0. The molecule has 3 heteroatoms. The summed E-state index contributed by atoms with van der Waals surface area (Å²) in [6.07, 6.45) is 1.98. The fourth-order valence-electron chi connectivity index (χ4n) is 6.42. The van der Waals surface area contributed by atoms with Crippen LogP contribution in [0.2, 0.25) is 0 Å². The molecule has 0 saturated heterocycles. The summed E-state index contributed by atoms with van der Waals surface area (Å²) in [5, 5.41) is 3.36. The Labute approximate surface area is 253 Å². The van der Waals surface area contributed by atoms with Crippen LogP contribution in [0.15, 0.2) is 95.5 Å². The van der Waals surface area contributed by atoms with Gasteiger partial charge in [-0.25, -0.2) is 4.98 Å². The van der Waals surface area contributed by atoms with E-state index in [1.807, 2.05) is 18.3 Å². The second-order valence-electron chi connectivity index (χ2n) is 13.0. The molecule has 0 fully saturated rings. The van der Waals surface area contributed by atoms with Crippen LogP contribution < -0.4 is 0 Å². The van der Waals surface area contributed by atoms with Gasteiger partial charge in [0.15, 0.2) is 0 Å². The van der Waals surface area contributed by atoms with Crippen LogP contribution in [-0.2, 0) is 5.41 Å². The van der Waals surface area contributed by atoms with Gasteiger partial charge < -0.3 is 4.42 Å². The molecule has 7 aromatic rings. The van der Waals surface area contributed by atoms with Gasteiger partial charge in [0, 0.05) is 33.5 Å². The minimum absolute atomic E-state index is 0.113. The first kappa shape index (κ1) is 27.1. The zero-order chi connectivity index (χ0) is 30.0. The predicted molar refractivity (Wildman–Crippen MR) is 181 cm³/mol. The number of hydrogen-bond donors (Lipinski definition) is 0. The zero-order valence-electron chi connectivity index (χ0n) is 26.0. The maximum atomic E-state index is 6.33. The number of hydrogen-bond acceptors (Lipinski definition) is 3. The zero-order valence-corrected chi connectivity index (χ0v) is 26.0. The summed E-state index contributed by atoms with van der Waals surface area (Å²) in [6.45, 7) is 15.5. The number of nitrogens with zero attached hydrogens (tertiary/aromatic N) is 2. The Hall–Kier alpha value is -4.76. The number of para-hydroxylation sites is 2. The molecule has 0 unspecified atom stereocenters. The van der Waals surface area contributed by atoms with Crippen molar-refractivity contribution in [1.82, 2.24) is 9.97 Å². The fraction of sp³-hybridized carbons (Fsp3) is 0.200. The third-order valence-corrected chi connectivity index (χ3v) is 8.76. The lowest BCUT2D eigenvalue weighted by molar-refractivity contribution is 0.589. The molecule has 0 spiro atoms. The molecule has 3 heterocycles. The molecule has 4 aromatic carbocycles. The molecule has 0 saturated carbocycles. The Kier molecular flexibility index (Phi) is 6.25. The number of pyridine rings is 2. The van der Waals surface area contributed by atoms with Crippen LogP contribution in [0.5, 0.6) is 0 Å². The maximum absolute atomic E-state index is 6.33. The highest BCUT2D eigenvalue weighted by Gasteiger charge is 2.19. The Morgan fingerprint density at radius 3 is 2.09 bits per heavy atom. The van der Waals surface area contributed by atoms with E-state index in [4.69, 9.17) is 14.4 Å². The molecule has 43 heavy (non-hydrogen) atoms. The molecular weight excluding hydrogens is 524 g/mol. The van der Waals surface area contributed by atoms with Gasteiger partial charge in [-0.3, -0.25) is 4.98 Å². The van der Waals surface area contributed by atoms with Crippen LogP contribution in [0, 0.1) is 27.7 Å². The Morgan fingerprint density at radius 2 is 1.33 bits per heavy atom. The first-order chi connectivity index (χ1) is 20.6. The number of furan rings is 1. The van der Waals surface area contributed by atoms with Gasteiger partial charge in [-0.15, -0.1) is 0 Å². The van der Waals surface area contributed by atoms with Crippen LogP contribution >= 0.6 is 0 Å². The van der Waals surface area contributed by atoms with E-state index in [-0.39, 0.29) is 5.41 Å². The Bertz CT molecular complexity index is 2190. The summed E-state index contributed by atoms with van der Waals surface area (Å²) >= 11 is 0. The molecule has 0 aliphatic rings. The van der Waals surface area contributed by atoms with Crippen molar-refractivity contribution < 1.29 is 4.42 Å². The van der Waals surface area contributed by atoms with Crippen molar-refractivity contribution in [2.75, 3.05) is 0 Å². The third kappa shape index (κ3) is 4.60. The van der Waals surface area contributed by atoms with Gasteiger partial charge in [0.05, 0.1) is 16.9 Å². The second kappa shape index (κ2) is 9.91. The van der Waals surface area contributed by atoms with Crippen molar-refractivity contribution in [2.24, 2.45) is 0 Å². The molecule has 212 valence electrons. The molecule has 0 radical (unpaired) electrons. The van der Waals surface area contributed by atoms with E-state index in [1.54, 1.807) is 0 Å². The van der Waals surface area contributed by atoms with Crippen molar-refractivity contribution >= 4 is 32.8 Å². The molecule has 0 bridgehead atoms. The smallest absolute Gasteiger partial charge is 0.144 e. The normalized spacial score (nSPS) is 12.1. The van der Waals surface area contributed by atoms with Gasteiger partial charge in [-0.1, -0.05) is 69.3 Å². The fourth-order valence-corrected chi connectivity index (χ4v) is 6.42. The van der Waals surface area contributed by atoms with E-state index < -0.39 is 0 Å². The number of fused-ring (bicyclic) bond motifs is 4. The lowest BCUT2D eigenvalue weighted by atomic mass is 9.83. The molecule has 0 atom stereocenters. The van der Waals surface area contributed by atoms with Gasteiger partial charge in [-0.05, 0) is 108 Å². The lowest BCUT2D eigenvalue weighted by Crippen LogP contribution is -2.12. The van der Waals surface area contributed by atoms with E-state index in [9.17, 15) is 0 Å². The summed E-state index contributed by atoms with van der Waals surface area (Å²) in [5.74, 6) is 0. The Balaban J connectivity index is 1.32. The SMILES string of the molecule is Cc1cnc(-c2cccc3c2oc2ccccc23)cc1-c1cc2ccc(-c3c(C)cc(C(C)(C)C)cc3C)nc2cc1C. The molecule has 0 aliphatic heterocycles.